The lowest BCUT2D eigenvalue weighted by atomic mass is 9.98. The molecule has 2 rings (SSSR count). The van der Waals surface area contributed by atoms with Gasteiger partial charge < -0.3 is 10.1 Å². The average Bonchev–Trinajstić information content (AvgIpc) is 2.54. The first-order valence-electron chi connectivity index (χ1n) is 8.52. The molecule has 0 fully saturated rings. The number of nitrogens with one attached hydrogen (secondary N) is 1. The van der Waals surface area contributed by atoms with Crippen LogP contribution in [0.5, 0.6) is 5.75 Å². The average molecular weight is 325 g/mol. The molecule has 24 heavy (non-hydrogen) atoms. The lowest BCUT2D eigenvalue weighted by molar-refractivity contribution is 0.102. The molecule has 3 heteroatoms. The molecule has 1 amide bonds. The van der Waals surface area contributed by atoms with Crippen LogP contribution < -0.4 is 10.1 Å². The number of hydrogen-bond donors (Lipinski definition) is 1. The van der Waals surface area contributed by atoms with Gasteiger partial charge in [-0.1, -0.05) is 52.0 Å². The Hall–Kier alpha value is -2.29. The molecule has 0 heterocycles. The van der Waals surface area contributed by atoms with E-state index in [0.29, 0.717) is 24.0 Å². The Kier molecular flexibility index (Phi) is 6.02. The quantitative estimate of drug-likeness (QED) is 0.771. The third kappa shape index (κ3) is 4.60. The molecule has 0 atom stereocenters. The van der Waals surface area contributed by atoms with E-state index < -0.39 is 0 Å². The van der Waals surface area contributed by atoms with Crippen molar-refractivity contribution in [2.45, 2.75) is 40.5 Å². The van der Waals surface area contributed by atoms with Gasteiger partial charge >= 0.3 is 0 Å². The Balaban J connectivity index is 2.20. The predicted molar refractivity (Wildman–Crippen MR) is 100.0 cm³/mol. The van der Waals surface area contributed by atoms with E-state index in [4.69, 9.17) is 4.74 Å². The van der Waals surface area contributed by atoms with E-state index in [1.54, 1.807) is 6.07 Å². The predicted octanol–water partition coefficient (Wildman–Crippen LogP) is 5.41. The maximum atomic E-state index is 12.7. The number of carbonyl (C=O) groups is 1. The fraction of sp³-hybridized carbons (Fsp3) is 0.381. The van der Waals surface area contributed by atoms with Crippen LogP contribution in [0.4, 0.5) is 5.69 Å². The molecular formula is C21H27NO2. The monoisotopic (exact) mass is 325 g/mol. The van der Waals surface area contributed by atoms with E-state index in [1.165, 1.54) is 0 Å². The summed E-state index contributed by atoms with van der Waals surface area (Å²) >= 11 is 0. The van der Waals surface area contributed by atoms with Crippen molar-refractivity contribution < 1.29 is 9.53 Å². The van der Waals surface area contributed by atoms with E-state index in [-0.39, 0.29) is 5.91 Å². The molecule has 2 aromatic carbocycles. The fourth-order valence-corrected chi connectivity index (χ4v) is 2.52. The zero-order valence-electron chi connectivity index (χ0n) is 15.2. The molecule has 0 aliphatic rings. The Labute approximate surface area is 145 Å². The molecule has 0 saturated carbocycles. The van der Waals surface area contributed by atoms with Gasteiger partial charge in [-0.2, -0.15) is 0 Å². The van der Waals surface area contributed by atoms with Gasteiger partial charge in [-0.15, -0.1) is 0 Å². The summed E-state index contributed by atoms with van der Waals surface area (Å²) in [5, 5.41) is 3.07. The zero-order valence-corrected chi connectivity index (χ0v) is 15.2. The Morgan fingerprint density at radius 1 is 1.08 bits per heavy atom. The molecule has 128 valence electrons. The molecule has 0 radical (unpaired) electrons. The normalized spacial score (nSPS) is 11.0. The summed E-state index contributed by atoms with van der Waals surface area (Å²) in [6.07, 6.45) is 0. The van der Waals surface area contributed by atoms with Crippen molar-refractivity contribution in [3.8, 4) is 5.75 Å². The van der Waals surface area contributed by atoms with Gasteiger partial charge in [0, 0.05) is 11.3 Å². The Bertz CT molecular complexity index is 705. The topological polar surface area (TPSA) is 38.3 Å². The summed E-state index contributed by atoms with van der Waals surface area (Å²) in [6.45, 7) is 11.1. The number of anilines is 1. The third-order valence-corrected chi connectivity index (χ3v) is 3.85. The highest BCUT2D eigenvalue weighted by atomic mass is 16.5. The Morgan fingerprint density at radius 3 is 2.46 bits per heavy atom. The minimum Gasteiger partial charge on any atom is -0.493 e. The van der Waals surface area contributed by atoms with Gasteiger partial charge in [-0.25, -0.2) is 0 Å². The molecule has 0 aliphatic carbocycles. The Morgan fingerprint density at radius 2 is 1.79 bits per heavy atom. The summed E-state index contributed by atoms with van der Waals surface area (Å²) in [4.78, 5) is 12.7. The van der Waals surface area contributed by atoms with Gasteiger partial charge in [0.15, 0.2) is 0 Å². The maximum Gasteiger partial charge on any atom is 0.255 e. The van der Waals surface area contributed by atoms with Crippen LogP contribution >= 0.6 is 0 Å². The molecule has 0 aliphatic heterocycles. The number of para-hydroxylation sites is 1. The van der Waals surface area contributed by atoms with Crippen LogP contribution in [0, 0.1) is 12.8 Å². The first-order chi connectivity index (χ1) is 11.4. The summed E-state index contributed by atoms with van der Waals surface area (Å²) in [5.41, 5.74) is 3.73. The number of aryl methyl sites for hydroxylation is 1. The maximum absolute atomic E-state index is 12.7. The number of benzene rings is 2. The van der Waals surface area contributed by atoms with Gasteiger partial charge in [-0.3, -0.25) is 4.79 Å². The second-order valence-electron chi connectivity index (χ2n) is 6.88. The number of rotatable bonds is 6. The van der Waals surface area contributed by atoms with E-state index in [9.17, 15) is 4.79 Å². The highest BCUT2D eigenvalue weighted by Crippen LogP contribution is 2.28. The standard InChI is InChI=1S/C21H27NO2/c1-14(2)13-24-18-10-7-9-17(12-18)21(23)22-20-16(5)8-6-11-19(20)15(3)4/h6-12,14-15H,13H2,1-5H3,(H,22,23). The summed E-state index contributed by atoms with van der Waals surface area (Å²) in [7, 11) is 0. The van der Waals surface area contributed by atoms with Crippen LogP contribution in [-0.2, 0) is 0 Å². The summed E-state index contributed by atoms with van der Waals surface area (Å²) in [6, 6.07) is 13.5. The van der Waals surface area contributed by atoms with Crippen molar-refractivity contribution in [1.82, 2.24) is 0 Å². The first-order valence-corrected chi connectivity index (χ1v) is 8.52. The molecule has 0 unspecified atom stereocenters. The minimum atomic E-state index is -0.110. The molecule has 3 nitrogen and oxygen atoms in total. The van der Waals surface area contributed by atoms with E-state index in [1.807, 2.05) is 37.3 Å². The first kappa shape index (κ1) is 18.1. The van der Waals surface area contributed by atoms with Crippen molar-refractivity contribution in [3.63, 3.8) is 0 Å². The number of amides is 1. The van der Waals surface area contributed by atoms with Gasteiger partial charge in [-0.05, 0) is 48.1 Å². The van der Waals surface area contributed by atoms with Gasteiger partial charge in [0.05, 0.1) is 6.61 Å². The number of hydrogen-bond acceptors (Lipinski definition) is 2. The molecule has 0 saturated heterocycles. The molecular weight excluding hydrogens is 298 g/mol. The molecule has 1 N–H and O–H groups in total. The highest BCUT2D eigenvalue weighted by molar-refractivity contribution is 6.05. The number of carbonyl (C=O) groups excluding carboxylic acids is 1. The van der Waals surface area contributed by atoms with Crippen molar-refractivity contribution in [1.29, 1.82) is 0 Å². The lowest BCUT2D eigenvalue weighted by Gasteiger charge is -2.17. The van der Waals surface area contributed by atoms with E-state index in [0.717, 1.165) is 22.6 Å². The van der Waals surface area contributed by atoms with Crippen molar-refractivity contribution in [2.75, 3.05) is 11.9 Å². The number of ether oxygens (including phenoxy) is 1. The van der Waals surface area contributed by atoms with Crippen LogP contribution in [0.25, 0.3) is 0 Å². The van der Waals surface area contributed by atoms with Crippen molar-refractivity contribution in [3.05, 3.63) is 59.2 Å². The second kappa shape index (κ2) is 8.00. The van der Waals surface area contributed by atoms with Gasteiger partial charge in [0.2, 0.25) is 0 Å². The molecule has 2 aromatic rings. The summed E-state index contributed by atoms with van der Waals surface area (Å²) in [5.74, 6) is 1.41. The third-order valence-electron chi connectivity index (χ3n) is 3.85. The van der Waals surface area contributed by atoms with Gasteiger partial charge in [0.25, 0.3) is 5.91 Å². The lowest BCUT2D eigenvalue weighted by Crippen LogP contribution is -2.15. The SMILES string of the molecule is Cc1cccc(C(C)C)c1NC(=O)c1cccc(OCC(C)C)c1. The minimum absolute atomic E-state index is 0.110. The van der Waals surface area contributed by atoms with Gasteiger partial charge in [0.1, 0.15) is 5.75 Å². The van der Waals surface area contributed by atoms with Crippen LogP contribution in [0.3, 0.4) is 0 Å². The van der Waals surface area contributed by atoms with Crippen LogP contribution in [0.15, 0.2) is 42.5 Å². The van der Waals surface area contributed by atoms with Crippen LogP contribution in [0.2, 0.25) is 0 Å². The molecule has 0 spiro atoms. The smallest absolute Gasteiger partial charge is 0.255 e. The second-order valence-corrected chi connectivity index (χ2v) is 6.88. The van der Waals surface area contributed by atoms with Crippen molar-refractivity contribution in [2.24, 2.45) is 5.92 Å². The van der Waals surface area contributed by atoms with Crippen LogP contribution in [0.1, 0.15) is 55.1 Å². The van der Waals surface area contributed by atoms with Crippen LogP contribution in [-0.4, -0.2) is 12.5 Å². The fourth-order valence-electron chi connectivity index (χ4n) is 2.52. The van der Waals surface area contributed by atoms with E-state index in [2.05, 4.69) is 39.1 Å². The molecule has 0 bridgehead atoms. The van der Waals surface area contributed by atoms with E-state index >= 15 is 0 Å². The summed E-state index contributed by atoms with van der Waals surface area (Å²) < 4.78 is 5.71. The molecule has 0 aromatic heterocycles. The van der Waals surface area contributed by atoms with Crippen molar-refractivity contribution >= 4 is 11.6 Å². The highest BCUT2D eigenvalue weighted by Gasteiger charge is 2.14. The largest absolute Gasteiger partial charge is 0.493 e. The zero-order chi connectivity index (χ0) is 17.7.